The molecule has 114 valence electrons. The molecule has 1 fully saturated rings. The molecule has 1 atom stereocenters. The van der Waals surface area contributed by atoms with E-state index in [0.717, 1.165) is 25.9 Å². The van der Waals surface area contributed by atoms with Crippen LogP contribution in [0.5, 0.6) is 0 Å². The highest BCUT2D eigenvalue weighted by Gasteiger charge is 2.39. The molecule has 0 aromatic heterocycles. The minimum Gasteiger partial charge on any atom is -0.381 e. The zero-order chi connectivity index (χ0) is 14.4. The van der Waals surface area contributed by atoms with E-state index in [1.165, 1.54) is 4.90 Å². The molecule has 1 rings (SSSR count). The fraction of sp³-hybridized carbons (Fsp3) is 1.00. The third-order valence-corrected chi connectivity index (χ3v) is 3.44. The Morgan fingerprint density at radius 1 is 1.32 bits per heavy atom. The van der Waals surface area contributed by atoms with Gasteiger partial charge in [0.25, 0.3) is 0 Å². The summed E-state index contributed by atoms with van der Waals surface area (Å²) in [7, 11) is 0. The topological polar surface area (TPSA) is 24.5 Å². The van der Waals surface area contributed by atoms with Gasteiger partial charge in [0, 0.05) is 25.1 Å². The first-order chi connectivity index (χ1) is 8.91. The average molecular weight is 282 g/mol. The number of hydrogen-bond acceptors (Lipinski definition) is 3. The summed E-state index contributed by atoms with van der Waals surface area (Å²) >= 11 is 0. The van der Waals surface area contributed by atoms with Crippen molar-refractivity contribution in [2.24, 2.45) is 5.41 Å². The monoisotopic (exact) mass is 282 g/mol. The van der Waals surface area contributed by atoms with Crippen molar-refractivity contribution in [3.8, 4) is 0 Å². The number of hydrogen-bond donors (Lipinski definition) is 1. The number of rotatable bonds is 8. The Kier molecular flexibility index (Phi) is 6.56. The molecule has 1 unspecified atom stereocenters. The van der Waals surface area contributed by atoms with Crippen molar-refractivity contribution in [2.75, 3.05) is 45.9 Å². The van der Waals surface area contributed by atoms with Crippen LogP contribution in [0.25, 0.3) is 0 Å². The van der Waals surface area contributed by atoms with Crippen LogP contribution < -0.4 is 5.32 Å². The van der Waals surface area contributed by atoms with Gasteiger partial charge in [-0.25, -0.2) is 0 Å². The highest BCUT2D eigenvalue weighted by atomic mass is 19.4. The summed E-state index contributed by atoms with van der Waals surface area (Å²) < 4.78 is 43.2. The highest BCUT2D eigenvalue weighted by molar-refractivity contribution is 4.88. The summed E-state index contributed by atoms with van der Waals surface area (Å²) in [6, 6.07) is 0. The summed E-state index contributed by atoms with van der Waals surface area (Å²) in [5, 5.41) is 3.25. The van der Waals surface area contributed by atoms with E-state index in [9.17, 15) is 13.2 Å². The van der Waals surface area contributed by atoms with Gasteiger partial charge in [0.15, 0.2) is 0 Å². The fourth-order valence-electron chi connectivity index (χ4n) is 2.62. The van der Waals surface area contributed by atoms with E-state index in [4.69, 9.17) is 4.74 Å². The van der Waals surface area contributed by atoms with Gasteiger partial charge in [-0.05, 0) is 25.9 Å². The predicted octanol–water partition coefficient (Wildman–Crippen LogP) is 2.28. The lowest BCUT2D eigenvalue weighted by Crippen LogP contribution is -2.47. The van der Waals surface area contributed by atoms with Gasteiger partial charge < -0.3 is 10.1 Å². The first kappa shape index (κ1) is 16.7. The lowest BCUT2D eigenvalue weighted by atomic mass is 9.86. The molecule has 1 aliphatic rings. The molecule has 1 saturated heterocycles. The van der Waals surface area contributed by atoms with E-state index in [0.29, 0.717) is 26.3 Å². The van der Waals surface area contributed by atoms with Gasteiger partial charge in [0.1, 0.15) is 0 Å². The second kappa shape index (κ2) is 7.45. The molecule has 0 aliphatic carbocycles. The van der Waals surface area contributed by atoms with Crippen LogP contribution in [0.15, 0.2) is 0 Å². The molecule has 6 heteroatoms. The van der Waals surface area contributed by atoms with Crippen LogP contribution in [0.1, 0.15) is 26.7 Å². The van der Waals surface area contributed by atoms with Crippen LogP contribution in [0.3, 0.4) is 0 Å². The second-order valence-corrected chi connectivity index (χ2v) is 5.41. The van der Waals surface area contributed by atoms with E-state index < -0.39 is 12.7 Å². The molecule has 1 aliphatic heterocycles. The Morgan fingerprint density at radius 3 is 2.53 bits per heavy atom. The van der Waals surface area contributed by atoms with Gasteiger partial charge in [-0.1, -0.05) is 13.8 Å². The fourth-order valence-corrected chi connectivity index (χ4v) is 2.62. The molecular formula is C13H25F3N2O. The van der Waals surface area contributed by atoms with Gasteiger partial charge in [0.05, 0.1) is 13.2 Å². The van der Waals surface area contributed by atoms with Crippen molar-refractivity contribution in [3.05, 3.63) is 0 Å². The average Bonchev–Trinajstić information content (AvgIpc) is 2.73. The third kappa shape index (κ3) is 6.10. The quantitative estimate of drug-likeness (QED) is 0.739. The molecule has 1 heterocycles. The Bertz CT molecular complexity index is 253. The Morgan fingerprint density at radius 2 is 2.05 bits per heavy atom. The normalized spacial score (nSPS) is 24.3. The molecule has 0 saturated carbocycles. The van der Waals surface area contributed by atoms with Gasteiger partial charge in [-0.2, -0.15) is 13.2 Å². The van der Waals surface area contributed by atoms with Gasteiger partial charge in [0.2, 0.25) is 0 Å². The van der Waals surface area contributed by atoms with E-state index in [2.05, 4.69) is 5.32 Å². The zero-order valence-electron chi connectivity index (χ0n) is 11.9. The lowest BCUT2D eigenvalue weighted by Gasteiger charge is -2.34. The van der Waals surface area contributed by atoms with Crippen molar-refractivity contribution < 1.29 is 17.9 Å². The SMILES string of the molecule is CCCN(CC(F)(F)F)CC1(CNCC)CCOC1. The van der Waals surface area contributed by atoms with E-state index in [1.807, 2.05) is 13.8 Å². The Labute approximate surface area is 113 Å². The van der Waals surface area contributed by atoms with Crippen LogP contribution in [0.4, 0.5) is 13.2 Å². The number of halogens is 3. The minimum atomic E-state index is -4.13. The summed E-state index contributed by atoms with van der Waals surface area (Å²) in [5.41, 5.74) is -0.170. The van der Waals surface area contributed by atoms with Crippen molar-refractivity contribution >= 4 is 0 Å². The Balaban J connectivity index is 2.62. The maximum atomic E-state index is 12.6. The van der Waals surface area contributed by atoms with Crippen LogP contribution in [0, 0.1) is 5.41 Å². The molecule has 0 aromatic carbocycles. The van der Waals surface area contributed by atoms with Gasteiger partial charge in [-0.3, -0.25) is 4.90 Å². The number of ether oxygens (including phenoxy) is 1. The van der Waals surface area contributed by atoms with E-state index in [-0.39, 0.29) is 5.41 Å². The van der Waals surface area contributed by atoms with Crippen LogP contribution >= 0.6 is 0 Å². The molecule has 0 radical (unpaired) electrons. The molecule has 0 amide bonds. The number of alkyl halides is 3. The molecule has 1 N–H and O–H groups in total. The molecular weight excluding hydrogens is 257 g/mol. The van der Waals surface area contributed by atoms with Crippen LogP contribution in [0.2, 0.25) is 0 Å². The third-order valence-electron chi connectivity index (χ3n) is 3.44. The summed E-state index contributed by atoms with van der Waals surface area (Å²) in [4.78, 5) is 1.52. The van der Waals surface area contributed by atoms with E-state index >= 15 is 0 Å². The van der Waals surface area contributed by atoms with Crippen molar-refractivity contribution in [1.82, 2.24) is 10.2 Å². The van der Waals surface area contributed by atoms with Crippen molar-refractivity contribution in [1.29, 1.82) is 0 Å². The van der Waals surface area contributed by atoms with Crippen molar-refractivity contribution in [2.45, 2.75) is 32.9 Å². The lowest BCUT2D eigenvalue weighted by molar-refractivity contribution is -0.149. The van der Waals surface area contributed by atoms with Crippen LogP contribution in [-0.4, -0.2) is 57.0 Å². The maximum Gasteiger partial charge on any atom is 0.401 e. The summed E-state index contributed by atoms with van der Waals surface area (Å²) in [6.45, 7) is 6.77. The standard InChI is InChI=1S/C13H25F3N2O/c1-3-6-18(10-13(14,15)16)9-12(8-17-4-2)5-7-19-11-12/h17H,3-11H2,1-2H3. The molecule has 0 bridgehead atoms. The van der Waals surface area contributed by atoms with E-state index in [1.54, 1.807) is 0 Å². The largest absolute Gasteiger partial charge is 0.401 e. The first-order valence-electron chi connectivity index (χ1n) is 6.98. The second-order valence-electron chi connectivity index (χ2n) is 5.41. The number of nitrogens with zero attached hydrogens (tertiary/aromatic N) is 1. The smallest absolute Gasteiger partial charge is 0.381 e. The van der Waals surface area contributed by atoms with Gasteiger partial charge >= 0.3 is 6.18 Å². The summed E-state index contributed by atoms with van der Waals surface area (Å²) in [5.74, 6) is 0. The molecule has 0 aromatic rings. The minimum absolute atomic E-state index is 0.170. The van der Waals surface area contributed by atoms with Gasteiger partial charge in [-0.15, -0.1) is 0 Å². The predicted molar refractivity (Wildman–Crippen MR) is 69.2 cm³/mol. The first-order valence-corrected chi connectivity index (χ1v) is 6.98. The number of nitrogens with one attached hydrogen (secondary N) is 1. The zero-order valence-corrected chi connectivity index (χ0v) is 11.9. The maximum absolute atomic E-state index is 12.6. The van der Waals surface area contributed by atoms with Crippen LogP contribution in [-0.2, 0) is 4.74 Å². The highest BCUT2D eigenvalue weighted by Crippen LogP contribution is 2.30. The molecule has 0 spiro atoms. The van der Waals surface area contributed by atoms with Crippen molar-refractivity contribution in [3.63, 3.8) is 0 Å². The summed E-state index contributed by atoms with van der Waals surface area (Å²) in [6.07, 6.45) is -2.57. The molecule has 3 nitrogen and oxygen atoms in total. The molecule has 19 heavy (non-hydrogen) atoms. The Hall–Kier alpha value is -0.330.